The number of pyridine rings is 1. The van der Waals surface area contributed by atoms with E-state index in [1.54, 1.807) is 23.0 Å². The summed E-state index contributed by atoms with van der Waals surface area (Å²) in [4.78, 5) is 51.3. The van der Waals surface area contributed by atoms with Crippen LogP contribution in [0.5, 0.6) is 5.75 Å². The number of halogens is 1. The Morgan fingerprint density at radius 3 is 2.65 bits per heavy atom. The number of nitrogens with one attached hydrogen (secondary N) is 2. The van der Waals surface area contributed by atoms with Gasteiger partial charge in [0.1, 0.15) is 42.5 Å². The third-order valence-electron chi connectivity index (χ3n) is 7.93. The molecule has 0 saturated carbocycles. The second-order valence-corrected chi connectivity index (χ2v) is 14.1. The van der Waals surface area contributed by atoms with Gasteiger partial charge in [-0.25, -0.2) is 32.1 Å². The van der Waals surface area contributed by atoms with Gasteiger partial charge in [-0.3, -0.25) is 9.59 Å². The molecule has 0 aliphatic carbocycles. The van der Waals surface area contributed by atoms with Crippen molar-refractivity contribution in [2.75, 3.05) is 32.0 Å². The fourth-order valence-electron chi connectivity index (χ4n) is 5.13. The number of β-lactam (4-membered cyclic amide) rings is 1. The Bertz CT molecular complexity index is 1910. The Morgan fingerprint density at radius 1 is 1.35 bits per heavy atom. The molecule has 2 fully saturated rings. The lowest BCUT2D eigenvalue weighted by molar-refractivity contribution is -0.715. The van der Waals surface area contributed by atoms with E-state index in [1.807, 2.05) is 10.8 Å². The summed E-state index contributed by atoms with van der Waals surface area (Å²) in [5, 5.41) is 20.4. The normalized spacial score (nSPS) is 18.8. The number of oxime groups is 1. The number of nitrogens with zero attached hydrogens (tertiary/aromatic N) is 6. The second-order valence-electron chi connectivity index (χ2n) is 12.2. The second kappa shape index (κ2) is 14.8. The molecule has 5 heterocycles. The van der Waals surface area contributed by atoms with Crippen LogP contribution in [0.3, 0.4) is 0 Å². The number of aromatic nitrogens is 4. The van der Waals surface area contributed by atoms with Gasteiger partial charge in [-0.2, -0.15) is 13.9 Å². The maximum absolute atomic E-state index is 14.9. The topological polar surface area (TPSA) is 283 Å². The zero-order valence-corrected chi connectivity index (χ0v) is 28.9. The van der Waals surface area contributed by atoms with E-state index in [9.17, 15) is 36.9 Å². The number of nitrogens with two attached hydrogens (primary N) is 2. The standard InChI is InChI=1S/C28H35FN10O10S2/c1-27(2)22(24(41)39(27)49-51(44,45)46)35-23(40)21(18-11-50-26(31)34-18)36-48-19(25(42)43)10-47-17-5-6-20(33-8-17)37-9-16(4-3-7-30)38(15-37)14-28(29)12-32-13-28/h5-6,8-9,11,15,19,22,32H,3-4,7,10,12-14,30H2,1-2H3,(H4-,31,34,35,40,42,43,44,45,46)/b36-21-/t19-,22+/m0/s1. The van der Waals surface area contributed by atoms with Gasteiger partial charge in [-0.1, -0.05) is 5.16 Å². The Kier molecular flexibility index (Phi) is 10.9. The third kappa shape index (κ3) is 8.74. The number of aliphatic carboxylic acids is 1. The number of amides is 2. The van der Waals surface area contributed by atoms with E-state index in [0.29, 0.717) is 30.3 Å². The molecule has 20 nitrogen and oxygen atoms in total. The summed E-state index contributed by atoms with van der Waals surface area (Å²) in [6.45, 7) is 3.24. The first-order valence-electron chi connectivity index (χ1n) is 15.3. The summed E-state index contributed by atoms with van der Waals surface area (Å²) in [6.07, 6.45) is 4.55. The van der Waals surface area contributed by atoms with E-state index in [0.717, 1.165) is 17.0 Å². The lowest BCUT2D eigenvalue weighted by Gasteiger charge is -2.51. The average molecular weight is 755 g/mol. The third-order valence-corrected chi connectivity index (χ3v) is 8.93. The van der Waals surface area contributed by atoms with Gasteiger partial charge < -0.3 is 41.3 Å². The van der Waals surface area contributed by atoms with Crippen LogP contribution in [0.25, 0.3) is 5.82 Å². The Morgan fingerprint density at radius 2 is 2.10 bits per heavy atom. The van der Waals surface area contributed by atoms with Crippen molar-refractivity contribution in [3.8, 4) is 11.6 Å². The number of carbonyl (C=O) groups excluding carboxylic acids is 2. The van der Waals surface area contributed by atoms with Crippen LogP contribution < -0.4 is 31.4 Å². The van der Waals surface area contributed by atoms with E-state index in [4.69, 9.17) is 21.0 Å². The van der Waals surface area contributed by atoms with Crippen molar-refractivity contribution in [1.29, 1.82) is 0 Å². The number of carboxylic acids is 1. The number of thiazole rings is 1. The number of aryl methyl sites for hydroxylation is 1. The zero-order chi connectivity index (χ0) is 37.1. The molecule has 51 heavy (non-hydrogen) atoms. The van der Waals surface area contributed by atoms with Gasteiger partial charge in [0.25, 0.3) is 24.2 Å². The number of hydroxylamine groups is 2. The van der Waals surface area contributed by atoms with Crippen LogP contribution in [-0.2, 0) is 46.9 Å². The molecule has 276 valence electrons. The monoisotopic (exact) mass is 754 g/mol. The Labute approximate surface area is 294 Å². The van der Waals surface area contributed by atoms with Gasteiger partial charge in [0.05, 0.1) is 11.7 Å². The fourth-order valence-corrected chi connectivity index (χ4v) is 6.12. The Balaban J connectivity index is 1.26. The van der Waals surface area contributed by atoms with E-state index in [2.05, 4.69) is 30.0 Å². The van der Waals surface area contributed by atoms with Gasteiger partial charge >= 0.3 is 5.97 Å². The quantitative estimate of drug-likeness (QED) is 0.0253. The SMILES string of the molecule is CC1(C)[C@H](NC(=O)/C(=N\O[C@@H](COc2ccc(-n3cc(CCCN)[n+](CC4(F)CNC4)c3)nc2)C(=O)O)c2csc(N)n2)C(=O)N1OS(=O)(=O)[O-]. The summed E-state index contributed by atoms with van der Waals surface area (Å²) in [5.74, 6) is -2.96. The number of alkyl halides is 1. The first-order chi connectivity index (χ1) is 24.0. The van der Waals surface area contributed by atoms with Crippen molar-refractivity contribution in [3.05, 3.63) is 47.6 Å². The molecule has 7 N–H and O–H groups in total. The molecule has 0 aromatic carbocycles. The van der Waals surface area contributed by atoms with Gasteiger partial charge in [-0.15, -0.1) is 11.3 Å². The average Bonchev–Trinajstić information content (AvgIpc) is 3.67. The highest BCUT2D eigenvalue weighted by Crippen LogP contribution is 2.33. The predicted octanol–water partition coefficient (Wildman–Crippen LogP) is -1.85. The lowest BCUT2D eigenvalue weighted by atomic mass is 9.84. The summed E-state index contributed by atoms with van der Waals surface area (Å²) in [5.41, 5.74) is 8.74. The number of ether oxygens (including phenoxy) is 1. The number of carbonyl (C=O) groups is 3. The summed E-state index contributed by atoms with van der Waals surface area (Å²) in [7, 11) is -5.29. The predicted molar refractivity (Wildman–Crippen MR) is 173 cm³/mol. The number of hydrogen-bond acceptors (Lipinski definition) is 16. The van der Waals surface area contributed by atoms with Gasteiger partial charge in [-0.05, 0) is 32.9 Å². The maximum atomic E-state index is 14.9. The lowest BCUT2D eigenvalue weighted by Crippen LogP contribution is -2.76. The van der Waals surface area contributed by atoms with Crippen LogP contribution in [0.2, 0.25) is 0 Å². The minimum Gasteiger partial charge on any atom is -0.724 e. The maximum Gasteiger partial charge on any atom is 0.351 e. The minimum atomic E-state index is -5.29. The van der Waals surface area contributed by atoms with Crippen molar-refractivity contribution in [2.24, 2.45) is 10.9 Å². The number of rotatable bonds is 17. The highest BCUT2D eigenvalue weighted by atomic mass is 32.3. The molecule has 0 radical (unpaired) electrons. The van der Waals surface area contributed by atoms with Gasteiger partial charge in [0.2, 0.25) is 16.2 Å². The molecule has 0 unspecified atom stereocenters. The smallest absolute Gasteiger partial charge is 0.351 e. The molecule has 2 aliphatic heterocycles. The van der Waals surface area contributed by atoms with Crippen LogP contribution >= 0.6 is 11.3 Å². The van der Waals surface area contributed by atoms with Gasteiger partial charge in [0.15, 0.2) is 16.5 Å². The van der Waals surface area contributed by atoms with Crippen molar-refractivity contribution < 1.29 is 55.3 Å². The van der Waals surface area contributed by atoms with Crippen LogP contribution in [0.1, 0.15) is 31.7 Å². The molecule has 5 rings (SSSR count). The van der Waals surface area contributed by atoms with Crippen LogP contribution in [0.4, 0.5) is 9.52 Å². The highest BCUT2D eigenvalue weighted by molar-refractivity contribution is 7.80. The first kappa shape index (κ1) is 37.4. The fraction of sp³-hybridized carbons (Fsp3) is 0.464. The van der Waals surface area contributed by atoms with Crippen LogP contribution in [0.15, 0.2) is 41.4 Å². The molecule has 2 aliphatic rings. The summed E-state index contributed by atoms with van der Waals surface area (Å²) >= 11 is 0.933. The number of carboxylic acid groups (broad SMARTS) is 1. The molecule has 23 heteroatoms. The molecular formula is C28H35FN10O10S2. The zero-order valence-electron chi connectivity index (χ0n) is 27.2. The molecule has 3 aromatic heterocycles. The molecule has 0 bridgehead atoms. The molecule has 2 atom stereocenters. The minimum absolute atomic E-state index is 0.0309. The van der Waals surface area contributed by atoms with E-state index < -0.39 is 63.9 Å². The number of hydrogen-bond donors (Lipinski definition) is 5. The highest BCUT2D eigenvalue weighted by Gasteiger charge is 2.57. The molecule has 2 saturated heterocycles. The van der Waals surface area contributed by atoms with E-state index in [1.165, 1.54) is 25.4 Å². The Hall–Kier alpha value is -4.81. The molecule has 2 amide bonds. The van der Waals surface area contributed by atoms with Crippen LogP contribution in [0, 0.1) is 0 Å². The summed E-state index contributed by atoms with van der Waals surface area (Å²) < 4.78 is 61.2. The largest absolute Gasteiger partial charge is 0.724 e. The molecule has 0 spiro atoms. The van der Waals surface area contributed by atoms with Crippen molar-refractivity contribution in [1.82, 2.24) is 30.2 Å². The van der Waals surface area contributed by atoms with E-state index >= 15 is 0 Å². The van der Waals surface area contributed by atoms with Crippen molar-refractivity contribution >= 4 is 50.4 Å². The molecular weight excluding hydrogens is 720 g/mol. The van der Waals surface area contributed by atoms with Gasteiger partial charge in [0, 0.05) is 31.0 Å². The first-order valence-corrected chi connectivity index (χ1v) is 17.5. The van der Waals surface area contributed by atoms with Crippen molar-refractivity contribution in [2.45, 2.75) is 56.6 Å². The van der Waals surface area contributed by atoms with Crippen molar-refractivity contribution in [3.63, 3.8) is 0 Å². The molecule has 3 aromatic rings. The van der Waals surface area contributed by atoms with E-state index in [-0.39, 0.29) is 36.2 Å². The summed E-state index contributed by atoms with van der Waals surface area (Å²) in [6, 6.07) is 1.78. The van der Waals surface area contributed by atoms with Crippen LogP contribution in [-0.4, -0.2) is 111 Å². The number of imidazole rings is 1. The number of nitrogen functional groups attached to an aromatic ring is 1. The number of anilines is 1.